The van der Waals surface area contributed by atoms with Gasteiger partial charge in [0.1, 0.15) is 19.5 Å². The third-order valence-corrected chi connectivity index (χ3v) is 0.678. The Morgan fingerprint density at radius 2 is 1.86 bits per heavy atom. The first kappa shape index (κ1) is 6.82. The van der Waals surface area contributed by atoms with Crippen molar-refractivity contribution in [2.75, 3.05) is 20.5 Å². The lowest BCUT2D eigenvalue weighted by molar-refractivity contribution is 0.0589. The van der Waals surface area contributed by atoms with Crippen molar-refractivity contribution in [1.82, 2.24) is 0 Å². The molecule has 0 unspecified atom stereocenters. The van der Waals surface area contributed by atoms with Gasteiger partial charge in [-0.2, -0.15) is 0 Å². The fraction of sp³-hybridized carbons (Fsp3) is 1.00. The molecule has 0 bridgehead atoms. The highest BCUT2D eigenvalue weighted by Gasteiger charge is 2.02. The van der Waals surface area contributed by atoms with Crippen LogP contribution in [-0.4, -0.2) is 26.6 Å². The second-order valence-electron chi connectivity index (χ2n) is 1.17. The normalized spacial score (nSPS) is 10.3. The zero-order chi connectivity index (χ0) is 5.70. The largest absolute Gasteiger partial charge is 0.376 e. The molecule has 0 aliphatic rings. The van der Waals surface area contributed by atoms with Crippen LogP contribution in [0.2, 0.25) is 0 Å². The highest BCUT2D eigenvalue weighted by Crippen LogP contribution is 1.89. The van der Waals surface area contributed by atoms with Gasteiger partial charge in [0, 0.05) is 7.11 Å². The number of halogens is 2. The summed E-state index contributed by atoms with van der Waals surface area (Å²) in [6.07, 6.45) is -0.847. The van der Waals surface area contributed by atoms with Gasteiger partial charge in [-0.3, -0.25) is 0 Å². The number of ether oxygens (including phenoxy) is 1. The summed E-state index contributed by atoms with van der Waals surface area (Å²) in [4.78, 5) is 0. The Morgan fingerprint density at radius 1 is 1.43 bits per heavy atom. The maximum atomic E-state index is 11.3. The molecule has 0 aromatic heterocycles. The first-order valence-electron chi connectivity index (χ1n) is 1.99. The lowest BCUT2D eigenvalue weighted by Crippen LogP contribution is -2.14. The van der Waals surface area contributed by atoms with Crippen LogP contribution < -0.4 is 0 Å². The van der Waals surface area contributed by atoms with E-state index < -0.39 is 19.5 Å². The second-order valence-corrected chi connectivity index (χ2v) is 1.17. The standard InChI is InChI=1S/C4H8F2O/c1-7-4(2-5)3-6/h4H,2-3H2,1H3. The molecule has 0 atom stereocenters. The van der Waals surface area contributed by atoms with E-state index in [0.29, 0.717) is 0 Å². The van der Waals surface area contributed by atoms with Crippen molar-refractivity contribution in [3.8, 4) is 0 Å². The molecule has 0 fully saturated rings. The lowest BCUT2D eigenvalue weighted by Gasteiger charge is -2.02. The number of alkyl halides is 2. The highest BCUT2D eigenvalue weighted by molar-refractivity contribution is 4.48. The van der Waals surface area contributed by atoms with Crippen molar-refractivity contribution in [1.29, 1.82) is 0 Å². The van der Waals surface area contributed by atoms with E-state index in [1.165, 1.54) is 7.11 Å². The Morgan fingerprint density at radius 3 is 1.86 bits per heavy atom. The van der Waals surface area contributed by atoms with E-state index in [1.807, 2.05) is 0 Å². The van der Waals surface area contributed by atoms with Crippen LogP contribution in [0.5, 0.6) is 0 Å². The predicted octanol–water partition coefficient (Wildman–Crippen LogP) is 0.940. The molecule has 0 aliphatic heterocycles. The van der Waals surface area contributed by atoms with Crippen LogP contribution >= 0.6 is 0 Å². The Bertz CT molecular complexity index is 31.2. The summed E-state index contributed by atoms with van der Waals surface area (Å²) >= 11 is 0. The second kappa shape index (κ2) is 3.99. The molecule has 0 spiro atoms. The minimum atomic E-state index is -0.847. The van der Waals surface area contributed by atoms with E-state index in [0.717, 1.165) is 0 Å². The van der Waals surface area contributed by atoms with Crippen LogP contribution in [0.25, 0.3) is 0 Å². The predicted molar refractivity (Wildman–Crippen MR) is 22.7 cm³/mol. The third kappa shape index (κ3) is 2.51. The monoisotopic (exact) mass is 110 g/mol. The summed E-state index contributed by atoms with van der Waals surface area (Å²) < 4.78 is 26.9. The van der Waals surface area contributed by atoms with E-state index in [-0.39, 0.29) is 0 Å². The van der Waals surface area contributed by atoms with Gasteiger partial charge in [-0.15, -0.1) is 0 Å². The van der Waals surface area contributed by atoms with Gasteiger partial charge in [-0.25, -0.2) is 8.78 Å². The summed E-state index contributed by atoms with van der Waals surface area (Å²) in [6, 6.07) is 0. The molecular formula is C4H8F2O. The van der Waals surface area contributed by atoms with Gasteiger partial charge in [-0.05, 0) is 0 Å². The third-order valence-electron chi connectivity index (χ3n) is 0.678. The maximum Gasteiger partial charge on any atom is 0.118 e. The Hall–Kier alpha value is -0.180. The van der Waals surface area contributed by atoms with E-state index in [9.17, 15) is 8.78 Å². The molecule has 0 saturated heterocycles. The van der Waals surface area contributed by atoms with Crippen LogP contribution in [0.1, 0.15) is 0 Å². The molecule has 3 heteroatoms. The van der Waals surface area contributed by atoms with Gasteiger partial charge in [0.15, 0.2) is 0 Å². The first-order valence-corrected chi connectivity index (χ1v) is 1.99. The molecule has 0 radical (unpaired) electrons. The molecule has 0 amide bonds. The van der Waals surface area contributed by atoms with Crippen molar-refractivity contribution in [2.24, 2.45) is 0 Å². The topological polar surface area (TPSA) is 9.23 Å². The summed E-state index contributed by atoms with van der Waals surface area (Å²) in [6.45, 7) is -1.49. The molecular weight excluding hydrogens is 102 g/mol. The molecule has 0 aromatic rings. The van der Waals surface area contributed by atoms with Gasteiger partial charge < -0.3 is 4.74 Å². The summed E-state index contributed by atoms with van der Waals surface area (Å²) in [5.74, 6) is 0. The van der Waals surface area contributed by atoms with E-state index in [4.69, 9.17) is 0 Å². The molecule has 7 heavy (non-hydrogen) atoms. The summed E-state index contributed by atoms with van der Waals surface area (Å²) in [5, 5.41) is 0. The van der Waals surface area contributed by atoms with Gasteiger partial charge in [-0.1, -0.05) is 0 Å². The minimum absolute atomic E-state index is 0.743. The number of rotatable bonds is 3. The smallest absolute Gasteiger partial charge is 0.118 e. The Labute approximate surface area is 41.3 Å². The molecule has 0 aromatic carbocycles. The molecule has 0 aliphatic carbocycles. The van der Waals surface area contributed by atoms with Gasteiger partial charge in [0.2, 0.25) is 0 Å². The van der Waals surface area contributed by atoms with Crippen molar-refractivity contribution in [3.05, 3.63) is 0 Å². The quantitative estimate of drug-likeness (QED) is 0.525. The van der Waals surface area contributed by atoms with Crippen LogP contribution in [0.15, 0.2) is 0 Å². The number of methoxy groups -OCH3 is 1. The Balaban J connectivity index is 2.99. The molecule has 0 N–H and O–H groups in total. The first-order chi connectivity index (χ1) is 3.35. The minimum Gasteiger partial charge on any atom is -0.376 e. The number of hydrogen-bond acceptors (Lipinski definition) is 1. The lowest BCUT2D eigenvalue weighted by atomic mass is 10.4. The molecule has 0 saturated carbocycles. The Kier molecular flexibility index (Phi) is 3.89. The number of hydrogen-bond donors (Lipinski definition) is 0. The summed E-state index contributed by atoms with van der Waals surface area (Å²) in [7, 11) is 1.28. The van der Waals surface area contributed by atoms with Crippen LogP contribution in [0.3, 0.4) is 0 Å². The van der Waals surface area contributed by atoms with E-state index in [2.05, 4.69) is 4.74 Å². The van der Waals surface area contributed by atoms with E-state index in [1.54, 1.807) is 0 Å². The van der Waals surface area contributed by atoms with Crippen LogP contribution in [0.4, 0.5) is 8.78 Å². The van der Waals surface area contributed by atoms with Crippen molar-refractivity contribution < 1.29 is 13.5 Å². The SMILES string of the molecule is COC(CF)CF. The molecule has 0 heterocycles. The maximum absolute atomic E-state index is 11.3. The van der Waals surface area contributed by atoms with Crippen LogP contribution in [0, 0.1) is 0 Å². The van der Waals surface area contributed by atoms with Crippen molar-refractivity contribution in [3.63, 3.8) is 0 Å². The van der Waals surface area contributed by atoms with Gasteiger partial charge in [0.25, 0.3) is 0 Å². The zero-order valence-corrected chi connectivity index (χ0v) is 4.16. The molecule has 0 rings (SSSR count). The van der Waals surface area contributed by atoms with Crippen molar-refractivity contribution in [2.45, 2.75) is 6.10 Å². The molecule has 1 nitrogen and oxygen atoms in total. The van der Waals surface area contributed by atoms with Gasteiger partial charge in [0.05, 0.1) is 0 Å². The summed E-state index contributed by atoms with van der Waals surface area (Å²) in [5.41, 5.74) is 0. The van der Waals surface area contributed by atoms with Crippen LogP contribution in [-0.2, 0) is 4.74 Å². The fourth-order valence-corrected chi connectivity index (χ4v) is 0.167. The zero-order valence-electron chi connectivity index (χ0n) is 4.16. The van der Waals surface area contributed by atoms with E-state index >= 15 is 0 Å². The molecule has 44 valence electrons. The average molecular weight is 110 g/mol. The van der Waals surface area contributed by atoms with Crippen molar-refractivity contribution >= 4 is 0 Å². The fourth-order valence-electron chi connectivity index (χ4n) is 0.167. The average Bonchev–Trinajstić information content (AvgIpc) is 1.72. The van der Waals surface area contributed by atoms with Gasteiger partial charge >= 0.3 is 0 Å². The highest BCUT2D eigenvalue weighted by atomic mass is 19.1.